The van der Waals surface area contributed by atoms with E-state index in [1.165, 1.54) is 5.56 Å². The molecule has 0 amide bonds. The van der Waals surface area contributed by atoms with E-state index in [0.717, 1.165) is 38.2 Å². The molecule has 1 saturated heterocycles. The van der Waals surface area contributed by atoms with Crippen LogP contribution in [0.25, 0.3) is 0 Å². The summed E-state index contributed by atoms with van der Waals surface area (Å²) in [4.78, 5) is 14.5. The Morgan fingerprint density at radius 1 is 1.04 bits per heavy atom. The molecule has 2 aromatic rings. The minimum absolute atomic E-state index is 0.148. The number of carbonyl (C=O) groups is 1. The molecule has 0 saturated carbocycles. The first-order chi connectivity index (χ1) is 11.3. The van der Waals surface area contributed by atoms with Gasteiger partial charge in [-0.2, -0.15) is 0 Å². The Morgan fingerprint density at radius 3 is 2.48 bits per heavy atom. The number of hydrogen-bond acceptors (Lipinski definition) is 3. The van der Waals surface area contributed by atoms with E-state index < -0.39 is 0 Å². The standard InChI is InChI=1S/C20H23NO2/c22-19(17-8-3-1-4-9-17)12-7-13-21-14-15-23-20(16-21)18-10-5-2-6-11-18/h1-6,8-11,20H,7,12-16H2/t20-/m1/s1. The fourth-order valence-corrected chi connectivity index (χ4v) is 3.01. The van der Waals surface area contributed by atoms with Crippen LogP contribution in [-0.2, 0) is 4.74 Å². The highest BCUT2D eigenvalue weighted by Gasteiger charge is 2.21. The van der Waals surface area contributed by atoms with Gasteiger partial charge in [-0.05, 0) is 18.5 Å². The first kappa shape index (κ1) is 15.9. The third-order valence-corrected chi connectivity index (χ3v) is 4.30. The first-order valence-corrected chi connectivity index (χ1v) is 8.30. The van der Waals surface area contributed by atoms with Crippen LogP contribution >= 0.6 is 0 Å². The SMILES string of the molecule is O=C(CCCN1CCO[C@@H](c2ccccc2)C1)c1ccccc1. The van der Waals surface area contributed by atoms with Crippen LogP contribution in [0.5, 0.6) is 0 Å². The summed E-state index contributed by atoms with van der Waals surface area (Å²) in [5.41, 5.74) is 2.05. The van der Waals surface area contributed by atoms with Crippen LogP contribution in [0, 0.1) is 0 Å². The Morgan fingerprint density at radius 2 is 1.74 bits per heavy atom. The van der Waals surface area contributed by atoms with Gasteiger partial charge < -0.3 is 4.74 Å². The fourth-order valence-electron chi connectivity index (χ4n) is 3.01. The predicted octanol–water partition coefficient (Wildman–Crippen LogP) is 3.72. The molecular formula is C20H23NO2. The second kappa shape index (κ2) is 8.04. The van der Waals surface area contributed by atoms with Gasteiger partial charge >= 0.3 is 0 Å². The van der Waals surface area contributed by atoms with Crippen LogP contribution in [0.4, 0.5) is 0 Å². The van der Waals surface area contributed by atoms with Gasteiger partial charge in [0.05, 0.1) is 12.7 Å². The Kier molecular flexibility index (Phi) is 5.56. The van der Waals surface area contributed by atoms with Gasteiger partial charge in [0.25, 0.3) is 0 Å². The zero-order chi connectivity index (χ0) is 15.9. The van der Waals surface area contributed by atoms with Gasteiger partial charge in [0, 0.05) is 25.1 Å². The third-order valence-electron chi connectivity index (χ3n) is 4.30. The highest BCUT2D eigenvalue weighted by molar-refractivity contribution is 5.95. The lowest BCUT2D eigenvalue weighted by Crippen LogP contribution is -2.38. The van der Waals surface area contributed by atoms with Crippen molar-refractivity contribution in [3.63, 3.8) is 0 Å². The maximum Gasteiger partial charge on any atom is 0.162 e. The number of hydrogen-bond donors (Lipinski definition) is 0. The van der Waals surface area contributed by atoms with Gasteiger partial charge in [0.2, 0.25) is 0 Å². The molecule has 1 fully saturated rings. The predicted molar refractivity (Wildman–Crippen MR) is 91.6 cm³/mol. The third kappa shape index (κ3) is 4.50. The van der Waals surface area contributed by atoms with Crippen LogP contribution in [0.15, 0.2) is 60.7 Å². The van der Waals surface area contributed by atoms with Crippen molar-refractivity contribution in [1.29, 1.82) is 0 Å². The molecule has 1 atom stereocenters. The zero-order valence-electron chi connectivity index (χ0n) is 13.4. The van der Waals surface area contributed by atoms with Gasteiger partial charge in [-0.1, -0.05) is 60.7 Å². The number of carbonyl (C=O) groups excluding carboxylic acids is 1. The van der Waals surface area contributed by atoms with Crippen molar-refractivity contribution in [1.82, 2.24) is 4.90 Å². The van der Waals surface area contributed by atoms with Gasteiger partial charge in [-0.25, -0.2) is 0 Å². The Bertz CT molecular complexity index is 612. The molecule has 3 nitrogen and oxygen atoms in total. The number of benzene rings is 2. The molecule has 1 aliphatic rings. The van der Waals surface area contributed by atoms with Crippen molar-refractivity contribution in [2.24, 2.45) is 0 Å². The average molecular weight is 309 g/mol. The van der Waals surface area contributed by atoms with Crippen molar-refractivity contribution >= 4 is 5.78 Å². The lowest BCUT2D eigenvalue weighted by molar-refractivity contribution is -0.0302. The Balaban J connectivity index is 1.46. The van der Waals surface area contributed by atoms with E-state index in [2.05, 4.69) is 29.2 Å². The minimum Gasteiger partial charge on any atom is -0.371 e. The van der Waals surface area contributed by atoms with E-state index >= 15 is 0 Å². The number of Topliss-reactive ketones (excluding diaryl/α,β-unsaturated/α-hetero) is 1. The van der Waals surface area contributed by atoms with Crippen LogP contribution < -0.4 is 0 Å². The molecule has 2 aromatic carbocycles. The Hall–Kier alpha value is -1.97. The van der Waals surface area contributed by atoms with E-state index in [1.54, 1.807) is 0 Å². The number of morpholine rings is 1. The smallest absolute Gasteiger partial charge is 0.162 e. The molecule has 0 radical (unpaired) electrons. The highest BCUT2D eigenvalue weighted by atomic mass is 16.5. The summed E-state index contributed by atoms with van der Waals surface area (Å²) in [7, 11) is 0. The Labute approximate surface area is 137 Å². The normalized spacial score (nSPS) is 18.7. The molecule has 3 rings (SSSR count). The average Bonchev–Trinajstić information content (AvgIpc) is 2.63. The molecule has 23 heavy (non-hydrogen) atoms. The second-order valence-corrected chi connectivity index (χ2v) is 5.96. The van der Waals surface area contributed by atoms with Gasteiger partial charge in [0.1, 0.15) is 0 Å². The largest absolute Gasteiger partial charge is 0.371 e. The molecule has 0 N–H and O–H groups in total. The summed E-state index contributed by atoms with van der Waals surface area (Å²) in [5, 5.41) is 0. The molecule has 0 bridgehead atoms. The maximum absolute atomic E-state index is 12.1. The molecule has 1 heterocycles. The van der Waals surface area contributed by atoms with Crippen LogP contribution in [0.3, 0.4) is 0 Å². The number of nitrogens with zero attached hydrogens (tertiary/aromatic N) is 1. The summed E-state index contributed by atoms with van der Waals surface area (Å²) in [6, 6.07) is 19.9. The zero-order valence-corrected chi connectivity index (χ0v) is 13.4. The molecule has 3 heteroatoms. The molecule has 120 valence electrons. The van der Waals surface area contributed by atoms with Gasteiger partial charge in [-0.3, -0.25) is 9.69 Å². The molecule has 1 aliphatic heterocycles. The number of ketones is 1. The van der Waals surface area contributed by atoms with E-state index in [0.29, 0.717) is 6.42 Å². The van der Waals surface area contributed by atoms with E-state index in [4.69, 9.17) is 4.74 Å². The van der Waals surface area contributed by atoms with E-state index in [1.807, 2.05) is 36.4 Å². The van der Waals surface area contributed by atoms with E-state index in [-0.39, 0.29) is 11.9 Å². The minimum atomic E-state index is 0.148. The second-order valence-electron chi connectivity index (χ2n) is 5.96. The van der Waals surface area contributed by atoms with Crippen molar-refractivity contribution in [3.8, 4) is 0 Å². The van der Waals surface area contributed by atoms with Gasteiger partial charge in [0.15, 0.2) is 5.78 Å². The summed E-state index contributed by atoms with van der Waals surface area (Å²) in [5.74, 6) is 0.235. The maximum atomic E-state index is 12.1. The van der Waals surface area contributed by atoms with Crippen LogP contribution in [0.2, 0.25) is 0 Å². The van der Waals surface area contributed by atoms with Gasteiger partial charge in [-0.15, -0.1) is 0 Å². The summed E-state index contributed by atoms with van der Waals surface area (Å²) >= 11 is 0. The lowest BCUT2D eigenvalue weighted by atomic mass is 10.1. The molecule has 0 spiro atoms. The summed E-state index contributed by atoms with van der Waals surface area (Å²) < 4.78 is 5.88. The quantitative estimate of drug-likeness (QED) is 0.762. The van der Waals surface area contributed by atoms with E-state index in [9.17, 15) is 4.79 Å². The highest BCUT2D eigenvalue weighted by Crippen LogP contribution is 2.22. The molecular weight excluding hydrogens is 286 g/mol. The lowest BCUT2D eigenvalue weighted by Gasteiger charge is -2.33. The molecule has 0 aliphatic carbocycles. The van der Waals surface area contributed by atoms with Crippen LogP contribution in [0.1, 0.15) is 34.9 Å². The van der Waals surface area contributed by atoms with Crippen molar-refractivity contribution in [2.75, 3.05) is 26.2 Å². The van der Waals surface area contributed by atoms with Crippen molar-refractivity contribution in [2.45, 2.75) is 18.9 Å². The summed E-state index contributed by atoms with van der Waals surface area (Å²) in [6.45, 7) is 3.56. The molecule has 0 unspecified atom stereocenters. The summed E-state index contributed by atoms with van der Waals surface area (Å²) in [6.07, 6.45) is 1.65. The number of ether oxygens (including phenoxy) is 1. The fraction of sp³-hybridized carbons (Fsp3) is 0.350. The monoisotopic (exact) mass is 309 g/mol. The first-order valence-electron chi connectivity index (χ1n) is 8.30. The number of rotatable bonds is 6. The topological polar surface area (TPSA) is 29.5 Å². The van der Waals surface area contributed by atoms with Crippen molar-refractivity contribution < 1.29 is 9.53 Å². The van der Waals surface area contributed by atoms with Crippen LogP contribution in [-0.4, -0.2) is 36.9 Å². The molecule has 0 aromatic heterocycles. The van der Waals surface area contributed by atoms with Crippen molar-refractivity contribution in [3.05, 3.63) is 71.8 Å².